The Labute approximate surface area is 178 Å². The lowest BCUT2D eigenvalue weighted by atomic mass is 10.1. The Bertz CT molecular complexity index is 984. The van der Waals surface area contributed by atoms with Gasteiger partial charge in [0.15, 0.2) is 0 Å². The molecule has 0 saturated carbocycles. The molecule has 0 radical (unpaired) electrons. The molecule has 30 heavy (non-hydrogen) atoms. The van der Waals surface area contributed by atoms with E-state index < -0.39 is 0 Å². The summed E-state index contributed by atoms with van der Waals surface area (Å²) in [6.45, 7) is 7.04. The monoisotopic (exact) mass is 400 g/mol. The van der Waals surface area contributed by atoms with Crippen LogP contribution in [0.25, 0.3) is 6.08 Å². The van der Waals surface area contributed by atoms with E-state index in [2.05, 4.69) is 50.9 Å². The van der Waals surface area contributed by atoms with Crippen molar-refractivity contribution in [2.45, 2.75) is 13.5 Å². The summed E-state index contributed by atoms with van der Waals surface area (Å²) in [5.41, 5.74) is 3.15. The molecule has 2 aromatic carbocycles. The molecule has 1 aromatic heterocycles. The number of aromatic nitrogens is 2. The summed E-state index contributed by atoms with van der Waals surface area (Å²) in [7, 11) is 0. The molecule has 154 valence electrons. The lowest BCUT2D eigenvalue weighted by Crippen LogP contribution is -2.48. The molecule has 0 aliphatic carbocycles. The van der Waals surface area contributed by atoms with Gasteiger partial charge in [-0.3, -0.25) is 9.69 Å². The number of carbonyl (C=O) groups is 1. The number of amides is 1. The fourth-order valence-electron chi connectivity index (χ4n) is 3.74. The lowest BCUT2D eigenvalue weighted by molar-refractivity contribution is 0.0650. The van der Waals surface area contributed by atoms with Gasteiger partial charge >= 0.3 is 0 Å². The normalized spacial score (nSPS) is 15.0. The van der Waals surface area contributed by atoms with E-state index in [1.54, 1.807) is 0 Å². The van der Waals surface area contributed by atoms with Gasteiger partial charge < -0.3 is 9.47 Å². The number of hydrogen-bond donors (Lipinski definition) is 0. The number of aryl methyl sites for hydroxylation is 1. The maximum Gasteiger partial charge on any atom is 0.253 e. The minimum atomic E-state index is 0.125. The third kappa shape index (κ3) is 5.05. The van der Waals surface area contributed by atoms with E-state index in [-0.39, 0.29) is 5.91 Å². The molecule has 0 unspecified atom stereocenters. The number of piperazine rings is 1. The van der Waals surface area contributed by atoms with Crippen molar-refractivity contribution in [3.05, 3.63) is 95.6 Å². The number of benzene rings is 2. The van der Waals surface area contributed by atoms with Gasteiger partial charge in [-0.05, 0) is 30.2 Å². The van der Waals surface area contributed by atoms with Crippen LogP contribution >= 0.6 is 0 Å². The van der Waals surface area contributed by atoms with E-state index in [4.69, 9.17) is 0 Å². The number of rotatable bonds is 6. The Morgan fingerprint density at radius 1 is 1.00 bits per heavy atom. The first-order valence-electron chi connectivity index (χ1n) is 10.5. The number of hydrogen-bond acceptors (Lipinski definition) is 3. The molecule has 1 fully saturated rings. The Kier molecular flexibility index (Phi) is 6.40. The van der Waals surface area contributed by atoms with Crippen LogP contribution in [0.4, 0.5) is 0 Å². The van der Waals surface area contributed by atoms with Crippen molar-refractivity contribution in [2.75, 3.05) is 32.7 Å². The first-order chi connectivity index (χ1) is 14.7. The van der Waals surface area contributed by atoms with E-state index in [9.17, 15) is 4.79 Å². The van der Waals surface area contributed by atoms with Gasteiger partial charge in [0.1, 0.15) is 5.82 Å². The highest BCUT2D eigenvalue weighted by molar-refractivity contribution is 5.94. The third-order valence-corrected chi connectivity index (χ3v) is 5.61. The van der Waals surface area contributed by atoms with Crippen LogP contribution in [0.2, 0.25) is 0 Å². The maximum atomic E-state index is 12.9. The fraction of sp³-hybridized carbons (Fsp3) is 0.280. The van der Waals surface area contributed by atoms with Crippen LogP contribution in [0.1, 0.15) is 27.3 Å². The van der Waals surface area contributed by atoms with Gasteiger partial charge in [0.05, 0.1) is 0 Å². The first kappa shape index (κ1) is 20.1. The molecule has 0 N–H and O–H groups in total. The van der Waals surface area contributed by atoms with E-state index in [0.29, 0.717) is 0 Å². The zero-order chi connectivity index (χ0) is 20.8. The molecule has 0 bridgehead atoms. The number of nitrogens with zero attached hydrogens (tertiary/aromatic N) is 4. The Balaban J connectivity index is 1.26. The predicted molar refractivity (Wildman–Crippen MR) is 120 cm³/mol. The molecule has 0 atom stereocenters. The maximum absolute atomic E-state index is 12.9. The predicted octanol–water partition coefficient (Wildman–Crippen LogP) is 3.71. The smallest absolute Gasteiger partial charge is 0.253 e. The summed E-state index contributed by atoms with van der Waals surface area (Å²) in [4.78, 5) is 21.5. The second-order valence-electron chi connectivity index (χ2n) is 7.71. The average molecular weight is 401 g/mol. The zero-order valence-electron chi connectivity index (χ0n) is 17.4. The average Bonchev–Trinajstić information content (AvgIpc) is 3.19. The van der Waals surface area contributed by atoms with Crippen LogP contribution < -0.4 is 0 Å². The molecule has 3 aromatic rings. The molecule has 2 heterocycles. The van der Waals surface area contributed by atoms with Crippen LogP contribution in [0.5, 0.6) is 0 Å². The van der Waals surface area contributed by atoms with Gasteiger partial charge in [0.2, 0.25) is 0 Å². The molecule has 1 amide bonds. The molecule has 5 heteroatoms. The molecule has 4 rings (SSSR count). The fourth-order valence-corrected chi connectivity index (χ4v) is 3.74. The summed E-state index contributed by atoms with van der Waals surface area (Å²) in [5.74, 6) is 1.12. The summed E-state index contributed by atoms with van der Waals surface area (Å²) < 4.78 is 2.10. The van der Waals surface area contributed by atoms with E-state index in [0.717, 1.165) is 50.7 Å². The van der Waals surface area contributed by atoms with Gasteiger partial charge in [0, 0.05) is 57.2 Å². The Morgan fingerprint density at radius 3 is 2.40 bits per heavy atom. The summed E-state index contributed by atoms with van der Waals surface area (Å²) in [5, 5.41) is 0. The molecule has 1 aliphatic heterocycles. The highest BCUT2D eigenvalue weighted by atomic mass is 16.2. The van der Waals surface area contributed by atoms with Gasteiger partial charge in [-0.2, -0.15) is 0 Å². The Hall–Kier alpha value is -3.18. The molecule has 0 spiro atoms. The van der Waals surface area contributed by atoms with Gasteiger partial charge in [-0.1, -0.05) is 54.6 Å². The van der Waals surface area contributed by atoms with Gasteiger partial charge in [-0.25, -0.2) is 4.98 Å². The Morgan fingerprint density at radius 2 is 1.73 bits per heavy atom. The standard InChI is InChI=1S/C25H28N4O/c1-21-26-13-15-29(21)20-23-9-11-24(12-10-23)25(30)28-18-16-27(17-19-28)14-5-8-22-6-3-2-4-7-22/h2-13,15H,14,16-20H2,1H3/b8-5+. The van der Waals surface area contributed by atoms with Gasteiger partial charge in [0.25, 0.3) is 5.91 Å². The van der Waals surface area contributed by atoms with Crippen molar-refractivity contribution in [1.29, 1.82) is 0 Å². The van der Waals surface area contributed by atoms with Crippen LogP contribution in [-0.4, -0.2) is 58.0 Å². The topological polar surface area (TPSA) is 41.4 Å². The van der Waals surface area contributed by atoms with E-state index >= 15 is 0 Å². The highest BCUT2D eigenvalue weighted by Crippen LogP contribution is 2.12. The molecular formula is C25H28N4O. The van der Waals surface area contributed by atoms with Crippen LogP contribution in [0.15, 0.2) is 73.1 Å². The highest BCUT2D eigenvalue weighted by Gasteiger charge is 2.21. The minimum absolute atomic E-state index is 0.125. The third-order valence-electron chi connectivity index (χ3n) is 5.61. The summed E-state index contributed by atoms with van der Waals surface area (Å²) in [6, 6.07) is 18.3. The largest absolute Gasteiger partial charge is 0.336 e. The molecule has 1 aliphatic rings. The van der Waals surface area contributed by atoms with Crippen molar-refractivity contribution in [3.8, 4) is 0 Å². The van der Waals surface area contributed by atoms with Crippen LogP contribution in [0, 0.1) is 6.92 Å². The van der Waals surface area contributed by atoms with E-state index in [1.165, 1.54) is 11.1 Å². The van der Waals surface area contributed by atoms with E-state index in [1.807, 2.05) is 54.5 Å². The summed E-state index contributed by atoms with van der Waals surface area (Å²) in [6.07, 6.45) is 8.14. The molecule has 1 saturated heterocycles. The molecule has 5 nitrogen and oxygen atoms in total. The number of imidazole rings is 1. The van der Waals surface area contributed by atoms with Crippen molar-refractivity contribution < 1.29 is 4.79 Å². The first-order valence-corrected chi connectivity index (χ1v) is 10.5. The van der Waals surface area contributed by atoms with Crippen LogP contribution in [-0.2, 0) is 6.54 Å². The number of carbonyl (C=O) groups excluding carboxylic acids is 1. The van der Waals surface area contributed by atoms with Crippen molar-refractivity contribution in [3.63, 3.8) is 0 Å². The van der Waals surface area contributed by atoms with Crippen molar-refractivity contribution >= 4 is 12.0 Å². The zero-order valence-corrected chi connectivity index (χ0v) is 17.4. The minimum Gasteiger partial charge on any atom is -0.336 e. The van der Waals surface area contributed by atoms with Crippen molar-refractivity contribution in [2.24, 2.45) is 0 Å². The summed E-state index contributed by atoms with van der Waals surface area (Å²) >= 11 is 0. The van der Waals surface area contributed by atoms with Crippen molar-refractivity contribution in [1.82, 2.24) is 19.4 Å². The lowest BCUT2D eigenvalue weighted by Gasteiger charge is -2.34. The second-order valence-corrected chi connectivity index (χ2v) is 7.71. The van der Waals surface area contributed by atoms with Gasteiger partial charge in [-0.15, -0.1) is 0 Å². The molecular weight excluding hydrogens is 372 g/mol. The SMILES string of the molecule is Cc1nccn1Cc1ccc(C(=O)N2CCN(C/C=C/c3ccccc3)CC2)cc1. The van der Waals surface area contributed by atoms with Crippen LogP contribution in [0.3, 0.4) is 0 Å². The second kappa shape index (κ2) is 9.55. The quantitative estimate of drug-likeness (QED) is 0.633.